The third-order valence-corrected chi connectivity index (χ3v) is 29.3. The lowest BCUT2D eigenvalue weighted by Gasteiger charge is -2.15. The van der Waals surface area contributed by atoms with Crippen LogP contribution in [-0.2, 0) is 0 Å². The predicted molar refractivity (Wildman–Crippen MR) is 576 cm³/mol. The molecule has 0 N–H and O–H groups in total. The molecule has 0 aliphatic heterocycles. The molecule has 0 amide bonds. The Morgan fingerprint density at radius 2 is 0.422 bits per heavy atom. The Morgan fingerprint density at radius 3 is 0.956 bits per heavy atom. The van der Waals surface area contributed by atoms with Crippen molar-refractivity contribution in [1.29, 1.82) is 0 Å². The van der Waals surface area contributed by atoms with Crippen LogP contribution < -0.4 is 0 Å². The number of furan rings is 1. The molecule has 1 nitrogen and oxygen atoms in total. The van der Waals surface area contributed by atoms with Crippen LogP contribution in [0.25, 0.3) is 296 Å². The largest absolute Gasteiger partial charge is 0.456 e. The van der Waals surface area contributed by atoms with Crippen LogP contribution in [0.1, 0.15) is 0 Å². The Hall–Kier alpha value is -17.6. The van der Waals surface area contributed by atoms with Crippen LogP contribution in [0.2, 0.25) is 0 Å². The lowest BCUT2D eigenvalue weighted by atomic mass is 9.88. The molecule has 0 radical (unpaired) electrons. The van der Waals surface area contributed by atoms with Gasteiger partial charge in [0.1, 0.15) is 11.2 Å². The minimum atomic E-state index is 0.926. The fraction of sp³-hybridized carbons (Fsp3) is 0. The summed E-state index contributed by atoms with van der Waals surface area (Å²) in [6.07, 6.45) is 0. The van der Waals surface area contributed by atoms with Gasteiger partial charge in [-0.25, -0.2) is 0 Å². The van der Waals surface area contributed by atoms with Gasteiger partial charge in [-0.1, -0.05) is 431 Å². The lowest BCUT2D eigenvalue weighted by molar-refractivity contribution is 0.669. The van der Waals surface area contributed by atoms with Crippen molar-refractivity contribution in [2.75, 3.05) is 0 Å². The molecule has 1 aromatic heterocycles. The van der Waals surface area contributed by atoms with Gasteiger partial charge in [-0.05, 0) is 329 Å². The van der Waals surface area contributed by atoms with E-state index >= 15 is 0 Å². The molecule has 0 unspecified atom stereocenters. The average Bonchev–Trinajstić information content (AvgIpc) is 1.60. The molecule has 26 aromatic carbocycles. The molecule has 3 aliphatic carbocycles. The maximum atomic E-state index is 6.07. The van der Waals surface area contributed by atoms with Crippen molar-refractivity contribution >= 4 is 140 Å². The molecule has 27 aromatic rings. The highest BCUT2D eigenvalue weighted by Crippen LogP contribution is 2.59. The molecule has 0 atom stereocenters. The molecule has 135 heavy (non-hydrogen) atoms. The molecule has 0 bridgehead atoms. The highest BCUT2D eigenvalue weighted by Gasteiger charge is 2.32. The lowest BCUT2D eigenvalue weighted by Crippen LogP contribution is -1.88. The van der Waals surface area contributed by atoms with Gasteiger partial charge in [-0.3, -0.25) is 0 Å². The third-order valence-electron chi connectivity index (χ3n) is 29.3. The molecule has 1 heteroatoms. The molecular weight excluding hydrogens is 1630 g/mol. The molecule has 622 valence electrons. The zero-order chi connectivity index (χ0) is 88.5. The molecule has 0 spiro atoms. The van der Waals surface area contributed by atoms with Crippen LogP contribution >= 0.6 is 0 Å². The minimum Gasteiger partial charge on any atom is -0.456 e. The van der Waals surface area contributed by atoms with Crippen LogP contribution in [0.3, 0.4) is 0 Å². The first-order valence-corrected chi connectivity index (χ1v) is 46.9. The maximum absolute atomic E-state index is 6.07. The molecule has 3 aliphatic rings. The van der Waals surface area contributed by atoms with E-state index in [-0.39, 0.29) is 0 Å². The van der Waals surface area contributed by atoms with Gasteiger partial charge in [0.25, 0.3) is 0 Å². The standard InChI is InChI=1S/2C46H28.C42H24O/c1-2-11-29(12-3-1)30-23-24-35-31(27-30)15-9-20-34(35)32-13-8-14-33(28-32)36-25-26-43-44-39(36)21-10-22-42(44)45-40-18-6-4-16-37(40)38-17-5-7-19-41(38)46(43)45;1-2-10-29(11-3-1)31-21-22-37-32(26-31)16-9-19-36(37)33-14-8-15-34(27-33)40-24-25-42-44-38-17-6-4-12-30(38)20-23-41(44)43-28-35-13-5-7-18-39(35)45(40)46(42)43;1-3-9-30-26(7-1)17-19-34-37-24-29-8-2-4-10-31(29)41-32(20-21-35(40(30)34)42(37)41)27-15-13-25(14-16-27)28-18-22-39-36(23-28)33-11-5-6-12-38(33)43-39/h2*1-28H;1-24H. The van der Waals surface area contributed by atoms with E-state index in [0.717, 1.165) is 21.9 Å². The zero-order valence-corrected chi connectivity index (χ0v) is 73.6. The second kappa shape index (κ2) is 30.5. The summed E-state index contributed by atoms with van der Waals surface area (Å²) in [4.78, 5) is 0. The van der Waals surface area contributed by atoms with Crippen molar-refractivity contribution in [3.8, 4) is 156 Å². The number of rotatable bonds is 8. The molecule has 1 heterocycles. The van der Waals surface area contributed by atoms with E-state index in [9.17, 15) is 0 Å². The maximum Gasteiger partial charge on any atom is 0.135 e. The smallest absolute Gasteiger partial charge is 0.135 e. The topological polar surface area (TPSA) is 13.1 Å². The summed E-state index contributed by atoms with van der Waals surface area (Å²) in [5.74, 6) is 0. The van der Waals surface area contributed by atoms with Crippen LogP contribution in [0.15, 0.2) is 490 Å². The van der Waals surface area contributed by atoms with Crippen molar-refractivity contribution in [2.24, 2.45) is 0 Å². The van der Waals surface area contributed by atoms with E-state index in [1.54, 1.807) is 0 Å². The Bertz CT molecular complexity index is 9660. The van der Waals surface area contributed by atoms with E-state index in [4.69, 9.17) is 4.42 Å². The summed E-state index contributed by atoms with van der Waals surface area (Å²) >= 11 is 0. The van der Waals surface area contributed by atoms with E-state index in [2.05, 4.69) is 473 Å². The number of hydrogen-bond donors (Lipinski definition) is 0. The first-order valence-electron chi connectivity index (χ1n) is 46.9. The summed E-state index contributed by atoms with van der Waals surface area (Å²) in [7, 11) is 0. The van der Waals surface area contributed by atoms with Crippen molar-refractivity contribution in [2.45, 2.75) is 0 Å². The van der Waals surface area contributed by atoms with Crippen LogP contribution in [-0.4, -0.2) is 0 Å². The molecule has 0 saturated heterocycles. The quantitative estimate of drug-likeness (QED) is 0.138. The Kier molecular flexibility index (Phi) is 17.2. The number of hydrogen-bond acceptors (Lipinski definition) is 1. The van der Waals surface area contributed by atoms with Gasteiger partial charge in [0.15, 0.2) is 0 Å². The number of para-hydroxylation sites is 1. The summed E-state index contributed by atoms with van der Waals surface area (Å²) in [6.45, 7) is 0. The highest BCUT2D eigenvalue weighted by molar-refractivity contribution is 6.34. The second-order valence-corrected chi connectivity index (χ2v) is 36.5. The SMILES string of the molecule is c1ccc(-c2ccc3c(-c4cccc(-c5ccc6c7c(cc8ccccc8c57)-c5ccc7ccccc7c5-6)c4)cccc3c2)cc1.c1ccc(-c2ccc3c(-c4cccc(-c5ccc6c7c(cccc57)-c5c-6c6ccccc6c6ccccc56)c4)cccc3c2)cc1.c1ccc2c3c(ccc2c1)-c1cc2ccccc2c2c(-c4ccc(-c5ccc6oc7ccccc7c6c5)cc4)ccc-3c12. The van der Waals surface area contributed by atoms with Crippen molar-refractivity contribution in [3.05, 3.63) is 485 Å². The van der Waals surface area contributed by atoms with Crippen LogP contribution in [0.5, 0.6) is 0 Å². The molecular formula is C134H80O. The number of benzene rings is 26. The second-order valence-electron chi connectivity index (χ2n) is 36.5. The summed E-state index contributed by atoms with van der Waals surface area (Å²) < 4.78 is 6.07. The third kappa shape index (κ3) is 12.1. The van der Waals surface area contributed by atoms with Gasteiger partial charge in [-0.2, -0.15) is 0 Å². The van der Waals surface area contributed by atoms with Gasteiger partial charge in [0.05, 0.1) is 0 Å². The minimum absolute atomic E-state index is 0.926. The van der Waals surface area contributed by atoms with E-state index in [0.29, 0.717) is 0 Å². The van der Waals surface area contributed by atoms with Gasteiger partial charge >= 0.3 is 0 Å². The van der Waals surface area contributed by atoms with Gasteiger partial charge in [0, 0.05) is 10.8 Å². The van der Waals surface area contributed by atoms with Crippen molar-refractivity contribution in [3.63, 3.8) is 0 Å². The summed E-state index contributed by atoms with van der Waals surface area (Å²) in [6, 6.07) is 178. The Balaban J connectivity index is 0.000000101. The van der Waals surface area contributed by atoms with Gasteiger partial charge < -0.3 is 4.42 Å². The average molecular weight is 1710 g/mol. The fourth-order valence-electron chi connectivity index (χ4n) is 23.3. The first kappa shape index (κ1) is 76.3. The van der Waals surface area contributed by atoms with E-state index < -0.39 is 0 Å². The highest BCUT2D eigenvalue weighted by atomic mass is 16.3. The normalized spacial score (nSPS) is 12.0. The molecule has 0 fully saturated rings. The van der Waals surface area contributed by atoms with Gasteiger partial charge in [-0.15, -0.1) is 0 Å². The fourth-order valence-corrected chi connectivity index (χ4v) is 23.3. The summed E-state index contributed by atoms with van der Waals surface area (Å²) in [5.41, 5.74) is 37.9. The Labute approximate surface area is 780 Å². The van der Waals surface area contributed by atoms with Crippen molar-refractivity contribution in [1.82, 2.24) is 0 Å². The first-order chi connectivity index (χ1) is 67.0. The predicted octanol–water partition coefficient (Wildman–Crippen LogP) is 37.9. The molecule has 30 rings (SSSR count). The summed E-state index contributed by atoms with van der Waals surface area (Å²) in [5, 5.41) is 31.1. The van der Waals surface area contributed by atoms with Crippen LogP contribution in [0, 0.1) is 0 Å². The Morgan fingerprint density at radius 1 is 0.104 bits per heavy atom. The van der Waals surface area contributed by atoms with Gasteiger partial charge in [0.2, 0.25) is 0 Å². The van der Waals surface area contributed by atoms with Crippen LogP contribution in [0.4, 0.5) is 0 Å². The number of fused-ring (bicyclic) bond motifs is 27. The monoisotopic (exact) mass is 1700 g/mol. The zero-order valence-electron chi connectivity index (χ0n) is 73.6. The van der Waals surface area contributed by atoms with E-state index in [1.807, 2.05) is 12.1 Å². The van der Waals surface area contributed by atoms with E-state index in [1.165, 1.54) is 274 Å². The molecule has 0 saturated carbocycles. The van der Waals surface area contributed by atoms with Crippen molar-refractivity contribution < 1.29 is 4.42 Å².